The Bertz CT molecular complexity index is 768. The number of hydrogen-bond donors (Lipinski definition) is 2. The number of aromatic amines is 1. The molecule has 0 bridgehead atoms. The summed E-state index contributed by atoms with van der Waals surface area (Å²) in [6.07, 6.45) is 2.17. The molecule has 0 aromatic carbocycles. The molecule has 8 heteroatoms. The van der Waals surface area contributed by atoms with Crippen LogP contribution in [-0.2, 0) is 11.3 Å². The predicted molar refractivity (Wildman–Crippen MR) is 94.6 cm³/mol. The first-order valence-corrected chi connectivity index (χ1v) is 8.62. The standard InChI is InChI=1S/C17H24N6O2/c1-12-11-13(2)23(21-12)10-7-16(24)18-14-5-8-22(9-6-14)15-3-4-17(25)20-19-15/h3-4,11,14H,5-10H2,1-2H3,(H,18,24)(H,20,25). The summed E-state index contributed by atoms with van der Waals surface area (Å²) in [5.41, 5.74) is 1.85. The molecule has 134 valence electrons. The Morgan fingerprint density at radius 3 is 2.68 bits per heavy atom. The topological polar surface area (TPSA) is 95.9 Å². The highest BCUT2D eigenvalue weighted by Gasteiger charge is 2.21. The molecule has 25 heavy (non-hydrogen) atoms. The van der Waals surface area contributed by atoms with Gasteiger partial charge in [-0.3, -0.25) is 14.3 Å². The average molecular weight is 344 g/mol. The summed E-state index contributed by atoms with van der Waals surface area (Å²) < 4.78 is 1.87. The lowest BCUT2D eigenvalue weighted by Gasteiger charge is -2.32. The van der Waals surface area contributed by atoms with Crippen LogP contribution in [0, 0.1) is 13.8 Å². The summed E-state index contributed by atoms with van der Waals surface area (Å²) in [4.78, 5) is 25.4. The van der Waals surface area contributed by atoms with E-state index in [1.54, 1.807) is 6.07 Å². The highest BCUT2D eigenvalue weighted by molar-refractivity contribution is 5.76. The van der Waals surface area contributed by atoms with Crippen LogP contribution in [0.15, 0.2) is 23.0 Å². The van der Waals surface area contributed by atoms with Crippen molar-refractivity contribution < 1.29 is 4.79 Å². The number of piperidine rings is 1. The molecule has 1 amide bonds. The first-order chi connectivity index (χ1) is 12.0. The molecular formula is C17H24N6O2. The van der Waals surface area contributed by atoms with Crippen LogP contribution < -0.4 is 15.8 Å². The largest absolute Gasteiger partial charge is 0.355 e. The van der Waals surface area contributed by atoms with Crippen molar-refractivity contribution >= 4 is 11.7 Å². The fraction of sp³-hybridized carbons (Fsp3) is 0.529. The normalized spacial score (nSPS) is 15.4. The number of anilines is 1. The van der Waals surface area contributed by atoms with Crippen LogP contribution in [0.5, 0.6) is 0 Å². The maximum absolute atomic E-state index is 12.2. The molecule has 1 saturated heterocycles. The first kappa shape index (κ1) is 17.2. The van der Waals surface area contributed by atoms with E-state index in [0.29, 0.717) is 13.0 Å². The molecule has 0 radical (unpaired) electrons. The van der Waals surface area contributed by atoms with Gasteiger partial charge < -0.3 is 10.2 Å². The van der Waals surface area contributed by atoms with E-state index in [4.69, 9.17) is 0 Å². The summed E-state index contributed by atoms with van der Waals surface area (Å²) in [7, 11) is 0. The number of nitrogens with one attached hydrogen (secondary N) is 2. The van der Waals surface area contributed by atoms with Crippen molar-refractivity contribution in [2.24, 2.45) is 0 Å². The van der Waals surface area contributed by atoms with Gasteiger partial charge in [0.25, 0.3) is 5.56 Å². The molecular weight excluding hydrogens is 320 g/mol. The Hall–Kier alpha value is -2.64. The number of carbonyl (C=O) groups excluding carboxylic acids is 1. The molecule has 0 aliphatic carbocycles. The van der Waals surface area contributed by atoms with E-state index in [9.17, 15) is 9.59 Å². The highest BCUT2D eigenvalue weighted by atomic mass is 16.1. The third-order valence-electron chi connectivity index (χ3n) is 4.50. The summed E-state index contributed by atoms with van der Waals surface area (Å²) >= 11 is 0. The van der Waals surface area contributed by atoms with Crippen LogP contribution in [0.4, 0.5) is 5.82 Å². The van der Waals surface area contributed by atoms with Crippen molar-refractivity contribution in [3.63, 3.8) is 0 Å². The number of rotatable bonds is 5. The minimum Gasteiger partial charge on any atom is -0.355 e. The zero-order valence-electron chi connectivity index (χ0n) is 14.7. The Labute approximate surface area is 146 Å². The van der Waals surface area contributed by atoms with Crippen molar-refractivity contribution in [2.75, 3.05) is 18.0 Å². The quantitative estimate of drug-likeness (QED) is 0.835. The smallest absolute Gasteiger partial charge is 0.264 e. The number of aryl methyl sites for hydroxylation is 3. The van der Waals surface area contributed by atoms with Gasteiger partial charge >= 0.3 is 0 Å². The zero-order valence-corrected chi connectivity index (χ0v) is 14.7. The Morgan fingerprint density at radius 1 is 1.32 bits per heavy atom. The molecule has 0 saturated carbocycles. The van der Waals surface area contributed by atoms with Crippen molar-refractivity contribution in [3.8, 4) is 0 Å². The van der Waals surface area contributed by atoms with E-state index >= 15 is 0 Å². The van der Waals surface area contributed by atoms with E-state index in [-0.39, 0.29) is 17.5 Å². The second kappa shape index (κ2) is 7.50. The first-order valence-electron chi connectivity index (χ1n) is 8.62. The van der Waals surface area contributed by atoms with E-state index in [0.717, 1.165) is 43.1 Å². The van der Waals surface area contributed by atoms with E-state index in [1.807, 2.05) is 24.6 Å². The van der Waals surface area contributed by atoms with Gasteiger partial charge in [-0.1, -0.05) is 0 Å². The van der Waals surface area contributed by atoms with Crippen LogP contribution in [0.25, 0.3) is 0 Å². The Kier molecular flexibility index (Phi) is 5.16. The maximum Gasteiger partial charge on any atom is 0.264 e. The van der Waals surface area contributed by atoms with Crippen molar-refractivity contribution in [1.82, 2.24) is 25.3 Å². The third-order valence-corrected chi connectivity index (χ3v) is 4.50. The summed E-state index contributed by atoms with van der Waals surface area (Å²) in [6.45, 7) is 6.17. The summed E-state index contributed by atoms with van der Waals surface area (Å²) in [5.74, 6) is 0.835. The number of aromatic nitrogens is 4. The SMILES string of the molecule is Cc1cc(C)n(CCC(=O)NC2CCN(c3ccc(=O)[nH]n3)CC2)n1. The van der Waals surface area contributed by atoms with E-state index in [2.05, 4.69) is 25.5 Å². The fourth-order valence-electron chi connectivity index (χ4n) is 3.17. The number of nitrogens with zero attached hydrogens (tertiary/aromatic N) is 4. The van der Waals surface area contributed by atoms with Gasteiger partial charge in [-0.25, -0.2) is 5.10 Å². The molecule has 8 nitrogen and oxygen atoms in total. The van der Waals surface area contributed by atoms with Gasteiger partial charge in [-0.2, -0.15) is 10.2 Å². The molecule has 2 aromatic heterocycles. The second-order valence-corrected chi connectivity index (χ2v) is 6.51. The van der Waals surface area contributed by atoms with Crippen LogP contribution in [0.2, 0.25) is 0 Å². The van der Waals surface area contributed by atoms with Gasteiger partial charge in [0.2, 0.25) is 5.91 Å². The van der Waals surface area contributed by atoms with Crippen LogP contribution >= 0.6 is 0 Å². The number of H-pyrrole nitrogens is 1. The minimum absolute atomic E-state index is 0.0631. The number of hydrogen-bond acceptors (Lipinski definition) is 5. The number of amides is 1. The van der Waals surface area contributed by atoms with Gasteiger partial charge in [0, 0.05) is 43.9 Å². The molecule has 1 aliphatic rings. The van der Waals surface area contributed by atoms with E-state index in [1.165, 1.54) is 6.07 Å². The van der Waals surface area contributed by atoms with Crippen LogP contribution in [0.1, 0.15) is 30.7 Å². The van der Waals surface area contributed by atoms with E-state index < -0.39 is 0 Å². The van der Waals surface area contributed by atoms with Gasteiger partial charge in [0.15, 0.2) is 0 Å². The summed E-state index contributed by atoms with van der Waals surface area (Å²) in [5, 5.41) is 14.0. The van der Waals surface area contributed by atoms with Gasteiger partial charge in [0.1, 0.15) is 5.82 Å². The summed E-state index contributed by atoms with van der Waals surface area (Å²) in [6, 6.07) is 5.41. The fourth-order valence-corrected chi connectivity index (χ4v) is 3.17. The van der Waals surface area contributed by atoms with Crippen molar-refractivity contribution in [2.45, 2.75) is 45.7 Å². The van der Waals surface area contributed by atoms with Gasteiger partial charge in [0.05, 0.1) is 5.69 Å². The van der Waals surface area contributed by atoms with Crippen molar-refractivity contribution in [3.05, 3.63) is 39.9 Å². The second-order valence-electron chi connectivity index (χ2n) is 6.51. The van der Waals surface area contributed by atoms with Gasteiger partial charge in [-0.05, 0) is 38.8 Å². The molecule has 0 spiro atoms. The van der Waals surface area contributed by atoms with Crippen LogP contribution in [-0.4, -0.2) is 45.0 Å². The van der Waals surface area contributed by atoms with Gasteiger partial charge in [-0.15, -0.1) is 0 Å². The lowest BCUT2D eigenvalue weighted by atomic mass is 10.0. The Balaban J connectivity index is 1.44. The molecule has 2 aromatic rings. The maximum atomic E-state index is 12.2. The Morgan fingerprint density at radius 2 is 2.08 bits per heavy atom. The molecule has 3 rings (SSSR count). The highest BCUT2D eigenvalue weighted by Crippen LogP contribution is 2.16. The minimum atomic E-state index is -0.200. The lowest BCUT2D eigenvalue weighted by molar-refractivity contribution is -0.122. The molecule has 0 atom stereocenters. The molecule has 2 N–H and O–H groups in total. The zero-order chi connectivity index (χ0) is 17.8. The average Bonchev–Trinajstić information content (AvgIpc) is 2.92. The monoisotopic (exact) mass is 344 g/mol. The molecule has 1 fully saturated rings. The predicted octanol–water partition coefficient (Wildman–Crippen LogP) is 0.759. The third kappa shape index (κ3) is 4.46. The lowest BCUT2D eigenvalue weighted by Crippen LogP contribution is -2.45. The van der Waals surface area contributed by atoms with Crippen LogP contribution in [0.3, 0.4) is 0 Å². The molecule has 3 heterocycles. The molecule has 0 unspecified atom stereocenters. The van der Waals surface area contributed by atoms with Crippen molar-refractivity contribution in [1.29, 1.82) is 0 Å². The molecule has 1 aliphatic heterocycles. The number of carbonyl (C=O) groups is 1.